The van der Waals surface area contributed by atoms with Crippen LogP contribution in [0.25, 0.3) is 0 Å². The highest BCUT2D eigenvalue weighted by Crippen LogP contribution is 2.38. The maximum absolute atomic E-state index is 12.6. The Kier molecular flexibility index (Phi) is 5.36. The van der Waals surface area contributed by atoms with E-state index < -0.39 is 0 Å². The normalized spacial score (nSPS) is 15.1. The maximum atomic E-state index is 12.6. The topological polar surface area (TPSA) is 84.0 Å². The van der Waals surface area contributed by atoms with Crippen LogP contribution in [0, 0.1) is 0 Å². The summed E-state index contributed by atoms with van der Waals surface area (Å²) in [5.41, 5.74) is 2.27. The minimum atomic E-state index is -0.283. The average Bonchev–Trinajstić information content (AvgIpc) is 3.27. The van der Waals surface area contributed by atoms with Crippen molar-refractivity contribution in [2.24, 2.45) is 0 Å². The Balaban J connectivity index is 1.41. The molecule has 3 aromatic rings. The monoisotopic (exact) mass is 412 g/mol. The standard InChI is InChI=1S/C20H17ClN4O2S/c21-14-3-1-13(2-4-14)18(26)25-20-24-17-15(5-6-16(17)28-20)19(27)23-11-12-7-9-22-10-8-12/h1-4,7-10,15H,5-6,11H2,(H,23,27)(H,24,25,26). The van der Waals surface area contributed by atoms with Crippen molar-refractivity contribution in [3.8, 4) is 0 Å². The second-order valence-corrected chi connectivity index (χ2v) is 7.97. The van der Waals surface area contributed by atoms with Gasteiger partial charge in [0.15, 0.2) is 5.13 Å². The second kappa shape index (κ2) is 8.08. The highest BCUT2D eigenvalue weighted by atomic mass is 35.5. The zero-order chi connectivity index (χ0) is 19.5. The zero-order valence-corrected chi connectivity index (χ0v) is 16.4. The predicted molar refractivity (Wildman–Crippen MR) is 109 cm³/mol. The lowest BCUT2D eigenvalue weighted by atomic mass is 10.1. The number of hydrogen-bond acceptors (Lipinski definition) is 5. The summed E-state index contributed by atoms with van der Waals surface area (Å²) in [6.45, 7) is 0.456. The summed E-state index contributed by atoms with van der Waals surface area (Å²) in [5.74, 6) is -0.575. The number of rotatable bonds is 5. The van der Waals surface area contributed by atoms with Crippen molar-refractivity contribution in [1.29, 1.82) is 0 Å². The first-order valence-electron chi connectivity index (χ1n) is 8.83. The first-order chi connectivity index (χ1) is 13.6. The summed E-state index contributed by atoms with van der Waals surface area (Å²) < 4.78 is 0. The van der Waals surface area contributed by atoms with Crippen LogP contribution in [0.3, 0.4) is 0 Å². The van der Waals surface area contributed by atoms with Gasteiger partial charge in [0.05, 0.1) is 11.6 Å². The average molecular weight is 413 g/mol. The molecule has 0 aliphatic heterocycles. The molecule has 0 saturated carbocycles. The van der Waals surface area contributed by atoms with E-state index in [0.29, 0.717) is 22.3 Å². The number of amides is 2. The van der Waals surface area contributed by atoms with Crippen molar-refractivity contribution in [3.05, 3.63) is 75.5 Å². The molecular weight excluding hydrogens is 396 g/mol. The minimum absolute atomic E-state index is 0.0450. The number of aryl methyl sites for hydroxylation is 1. The fourth-order valence-electron chi connectivity index (χ4n) is 3.12. The van der Waals surface area contributed by atoms with E-state index in [4.69, 9.17) is 11.6 Å². The number of halogens is 1. The van der Waals surface area contributed by atoms with Crippen LogP contribution in [0.1, 0.15) is 38.8 Å². The summed E-state index contributed by atoms with van der Waals surface area (Å²) >= 11 is 7.28. The lowest BCUT2D eigenvalue weighted by molar-refractivity contribution is -0.122. The van der Waals surface area contributed by atoms with Crippen LogP contribution in [0.4, 0.5) is 5.13 Å². The number of nitrogens with one attached hydrogen (secondary N) is 2. The highest BCUT2D eigenvalue weighted by Gasteiger charge is 2.32. The lowest BCUT2D eigenvalue weighted by Gasteiger charge is -2.10. The molecule has 4 rings (SSSR count). The third-order valence-corrected chi connectivity index (χ3v) is 5.88. The van der Waals surface area contributed by atoms with Gasteiger partial charge in [0.1, 0.15) is 0 Å². The highest BCUT2D eigenvalue weighted by molar-refractivity contribution is 7.16. The van der Waals surface area contributed by atoms with Crippen molar-refractivity contribution < 1.29 is 9.59 Å². The number of hydrogen-bond donors (Lipinski definition) is 2. The fraction of sp³-hybridized carbons (Fsp3) is 0.200. The van der Waals surface area contributed by atoms with E-state index >= 15 is 0 Å². The number of pyridine rings is 1. The first kappa shape index (κ1) is 18.6. The van der Waals surface area contributed by atoms with Crippen LogP contribution < -0.4 is 10.6 Å². The van der Waals surface area contributed by atoms with Crippen molar-refractivity contribution in [1.82, 2.24) is 15.3 Å². The molecule has 1 aliphatic carbocycles. The number of fused-ring (bicyclic) bond motifs is 1. The largest absolute Gasteiger partial charge is 0.351 e. The van der Waals surface area contributed by atoms with Crippen molar-refractivity contribution in [2.45, 2.75) is 25.3 Å². The van der Waals surface area contributed by atoms with Crippen LogP contribution in [-0.4, -0.2) is 21.8 Å². The number of benzene rings is 1. The number of aromatic nitrogens is 2. The van der Waals surface area contributed by atoms with Crippen LogP contribution in [0.2, 0.25) is 5.02 Å². The quantitative estimate of drug-likeness (QED) is 0.667. The van der Waals surface area contributed by atoms with Gasteiger partial charge in [-0.2, -0.15) is 0 Å². The molecule has 1 aromatic carbocycles. The third-order valence-electron chi connectivity index (χ3n) is 4.58. The summed E-state index contributed by atoms with van der Waals surface area (Å²) in [5, 5.41) is 6.86. The zero-order valence-electron chi connectivity index (χ0n) is 14.8. The van der Waals surface area contributed by atoms with Gasteiger partial charge in [-0.15, -0.1) is 11.3 Å². The van der Waals surface area contributed by atoms with Gasteiger partial charge < -0.3 is 5.32 Å². The molecule has 2 aromatic heterocycles. The molecule has 1 atom stereocenters. The van der Waals surface area contributed by atoms with E-state index in [0.717, 1.165) is 29.0 Å². The summed E-state index contributed by atoms with van der Waals surface area (Å²) in [6, 6.07) is 10.4. The SMILES string of the molecule is O=C(Nc1nc2c(s1)CCC2C(=O)NCc1ccncc1)c1ccc(Cl)cc1. The first-order valence-corrected chi connectivity index (χ1v) is 10.0. The van der Waals surface area contributed by atoms with E-state index in [9.17, 15) is 9.59 Å². The van der Waals surface area contributed by atoms with Gasteiger partial charge in [-0.05, 0) is 54.8 Å². The van der Waals surface area contributed by atoms with Gasteiger partial charge in [0.2, 0.25) is 5.91 Å². The molecule has 2 N–H and O–H groups in total. The van der Waals surface area contributed by atoms with Crippen LogP contribution >= 0.6 is 22.9 Å². The Hall–Kier alpha value is -2.77. The van der Waals surface area contributed by atoms with Gasteiger partial charge in [0.25, 0.3) is 5.91 Å². The van der Waals surface area contributed by atoms with E-state index in [1.807, 2.05) is 12.1 Å². The maximum Gasteiger partial charge on any atom is 0.257 e. The molecule has 0 spiro atoms. The van der Waals surface area contributed by atoms with Crippen molar-refractivity contribution in [3.63, 3.8) is 0 Å². The molecule has 6 nitrogen and oxygen atoms in total. The summed E-state index contributed by atoms with van der Waals surface area (Å²) in [6.07, 6.45) is 4.93. The molecule has 2 amide bonds. The molecule has 1 aliphatic rings. The number of nitrogens with zero attached hydrogens (tertiary/aromatic N) is 2. The van der Waals surface area contributed by atoms with Gasteiger partial charge in [-0.25, -0.2) is 4.98 Å². The molecule has 8 heteroatoms. The number of thiazole rings is 1. The Morgan fingerprint density at radius 2 is 1.89 bits per heavy atom. The fourth-order valence-corrected chi connectivity index (χ4v) is 4.28. The lowest BCUT2D eigenvalue weighted by Crippen LogP contribution is -2.28. The van der Waals surface area contributed by atoms with Gasteiger partial charge in [0, 0.05) is 34.4 Å². The van der Waals surface area contributed by atoms with Gasteiger partial charge >= 0.3 is 0 Å². The summed E-state index contributed by atoms with van der Waals surface area (Å²) in [4.78, 5) is 34.5. The van der Waals surface area contributed by atoms with Gasteiger partial charge in [-0.1, -0.05) is 11.6 Å². The predicted octanol–water partition coefficient (Wildman–Crippen LogP) is 3.79. The number of carbonyl (C=O) groups is 2. The van der Waals surface area contributed by atoms with E-state index in [1.165, 1.54) is 11.3 Å². The van der Waals surface area contributed by atoms with E-state index in [-0.39, 0.29) is 17.7 Å². The molecule has 0 radical (unpaired) electrons. The van der Waals surface area contributed by atoms with Crippen LogP contribution in [-0.2, 0) is 17.8 Å². The third kappa shape index (κ3) is 4.05. The Morgan fingerprint density at radius 1 is 1.14 bits per heavy atom. The minimum Gasteiger partial charge on any atom is -0.351 e. The molecule has 0 bridgehead atoms. The smallest absolute Gasteiger partial charge is 0.257 e. The molecular formula is C20H17ClN4O2S. The molecule has 0 saturated heterocycles. The van der Waals surface area contributed by atoms with Gasteiger partial charge in [-0.3, -0.25) is 19.9 Å². The Labute approximate surface area is 171 Å². The molecule has 2 heterocycles. The Bertz CT molecular complexity index is 1000. The number of anilines is 1. The van der Waals surface area contributed by atoms with E-state index in [2.05, 4.69) is 20.6 Å². The van der Waals surface area contributed by atoms with E-state index in [1.54, 1.807) is 36.7 Å². The molecule has 1 unspecified atom stereocenters. The summed E-state index contributed by atoms with van der Waals surface area (Å²) in [7, 11) is 0. The second-order valence-electron chi connectivity index (χ2n) is 6.45. The molecule has 142 valence electrons. The molecule has 0 fully saturated rings. The Morgan fingerprint density at radius 3 is 2.64 bits per heavy atom. The molecule has 28 heavy (non-hydrogen) atoms. The van der Waals surface area contributed by atoms with Crippen molar-refractivity contribution in [2.75, 3.05) is 5.32 Å². The van der Waals surface area contributed by atoms with Crippen LogP contribution in [0.5, 0.6) is 0 Å². The number of carbonyl (C=O) groups excluding carboxylic acids is 2. The van der Waals surface area contributed by atoms with Crippen LogP contribution in [0.15, 0.2) is 48.8 Å². The van der Waals surface area contributed by atoms with Crippen molar-refractivity contribution >= 4 is 39.9 Å².